The van der Waals surface area contributed by atoms with E-state index in [1.807, 2.05) is 25.1 Å². The third-order valence-electron chi connectivity index (χ3n) is 3.19. The van der Waals surface area contributed by atoms with Gasteiger partial charge < -0.3 is 5.32 Å². The Hall–Kier alpha value is -2.30. The molecule has 0 atom stereocenters. The van der Waals surface area contributed by atoms with Gasteiger partial charge in [-0.2, -0.15) is 0 Å². The van der Waals surface area contributed by atoms with Crippen molar-refractivity contribution in [1.82, 2.24) is 0 Å². The highest BCUT2D eigenvalue weighted by Crippen LogP contribution is 2.30. The van der Waals surface area contributed by atoms with Crippen LogP contribution in [0.5, 0.6) is 0 Å². The van der Waals surface area contributed by atoms with E-state index in [1.54, 1.807) is 12.1 Å². The fourth-order valence-corrected chi connectivity index (χ4v) is 2.86. The number of anilines is 1. The van der Waals surface area contributed by atoms with Crippen molar-refractivity contribution in [2.75, 3.05) is 5.32 Å². The summed E-state index contributed by atoms with van der Waals surface area (Å²) >= 11 is 1.49. The molecule has 22 heavy (non-hydrogen) atoms. The maximum absolute atomic E-state index is 12.3. The Morgan fingerprint density at radius 1 is 1.27 bits per heavy atom. The smallest absolute Gasteiger partial charge is 0.265 e. The number of nitrogens with zero attached hydrogens (tertiary/aromatic N) is 3. The Morgan fingerprint density at radius 3 is 2.59 bits per heavy atom. The van der Waals surface area contributed by atoms with Crippen LogP contribution in [0.15, 0.2) is 35.4 Å². The normalized spacial score (nSPS) is 10.9. The second-order valence-corrected chi connectivity index (χ2v) is 7.14. The van der Waals surface area contributed by atoms with Crippen molar-refractivity contribution in [3.63, 3.8) is 0 Å². The number of benzene rings is 1. The summed E-state index contributed by atoms with van der Waals surface area (Å²) in [6.07, 6.45) is 0. The number of hydrogen-bond donors (Lipinski definition) is 1. The summed E-state index contributed by atoms with van der Waals surface area (Å²) in [5.41, 5.74) is 10.6. The summed E-state index contributed by atoms with van der Waals surface area (Å²) in [7, 11) is 0. The van der Waals surface area contributed by atoms with E-state index in [9.17, 15) is 4.79 Å². The Morgan fingerprint density at radius 2 is 2.00 bits per heavy atom. The fourth-order valence-electron chi connectivity index (χ4n) is 1.90. The van der Waals surface area contributed by atoms with E-state index >= 15 is 0 Å². The average Bonchev–Trinajstić information content (AvgIpc) is 2.92. The summed E-state index contributed by atoms with van der Waals surface area (Å²) in [5, 5.41) is 6.45. The lowest BCUT2D eigenvalue weighted by Crippen LogP contribution is -2.10. The lowest BCUT2D eigenvalue weighted by atomic mass is 9.95. The molecule has 1 amide bonds. The minimum absolute atomic E-state index is 0.0295. The molecule has 2 aromatic rings. The predicted octanol–water partition coefficient (Wildman–Crippen LogP) is 5.55. The Labute approximate surface area is 133 Å². The summed E-state index contributed by atoms with van der Waals surface area (Å²) in [5.74, 6) is -0.156. The molecular weight excluding hydrogens is 296 g/mol. The number of nitrogens with one attached hydrogen (secondary N) is 1. The standard InChI is InChI=1S/C16H18N4OS/c1-10-5-6-11(9-12(10)19-20-17)18-15(21)13-7-8-14(22-13)16(2,3)4/h5-9H,1-4H3,(H,18,21). The first-order valence-corrected chi connectivity index (χ1v) is 7.70. The highest BCUT2D eigenvalue weighted by Gasteiger charge is 2.18. The summed E-state index contributed by atoms with van der Waals surface area (Å²) in [6.45, 7) is 8.20. The fraction of sp³-hybridized carbons (Fsp3) is 0.312. The minimum Gasteiger partial charge on any atom is -0.321 e. The third kappa shape index (κ3) is 3.67. The van der Waals surface area contributed by atoms with Crippen molar-refractivity contribution < 1.29 is 4.79 Å². The molecule has 0 radical (unpaired) electrons. The van der Waals surface area contributed by atoms with Gasteiger partial charge in [0.2, 0.25) is 0 Å². The SMILES string of the molecule is Cc1ccc(NC(=O)c2ccc(C(C)(C)C)s2)cc1N=[N+]=[N-]. The van der Waals surface area contributed by atoms with Crippen LogP contribution in [0.3, 0.4) is 0 Å². The van der Waals surface area contributed by atoms with Crippen LogP contribution in [0.2, 0.25) is 0 Å². The van der Waals surface area contributed by atoms with Gasteiger partial charge in [0.05, 0.1) is 4.88 Å². The minimum atomic E-state index is -0.156. The summed E-state index contributed by atoms with van der Waals surface area (Å²) in [4.78, 5) is 16.9. The number of thiophene rings is 1. The van der Waals surface area contributed by atoms with E-state index in [0.717, 1.165) is 10.4 Å². The van der Waals surface area contributed by atoms with Gasteiger partial charge in [-0.05, 0) is 47.7 Å². The lowest BCUT2D eigenvalue weighted by molar-refractivity contribution is 0.103. The zero-order chi connectivity index (χ0) is 16.3. The Kier molecular flexibility index (Phi) is 4.54. The zero-order valence-corrected chi connectivity index (χ0v) is 13.9. The molecule has 2 rings (SSSR count). The molecule has 0 aliphatic heterocycles. The van der Waals surface area contributed by atoms with E-state index < -0.39 is 0 Å². The number of amides is 1. The van der Waals surface area contributed by atoms with E-state index in [-0.39, 0.29) is 11.3 Å². The average molecular weight is 314 g/mol. The Balaban J connectivity index is 2.20. The summed E-state index contributed by atoms with van der Waals surface area (Å²) < 4.78 is 0. The number of carbonyl (C=O) groups is 1. The van der Waals surface area contributed by atoms with Gasteiger partial charge >= 0.3 is 0 Å². The van der Waals surface area contributed by atoms with Gasteiger partial charge in [-0.25, -0.2) is 0 Å². The molecule has 0 spiro atoms. The molecule has 1 aromatic carbocycles. The quantitative estimate of drug-likeness (QED) is 0.450. The molecule has 1 aromatic heterocycles. The van der Waals surface area contributed by atoms with Crippen LogP contribution < -0.4 is 5.32 Å². The Bertz CT molecular complexity index is 752. The van der Waals surface area contributed by atoms with E-state index in [4.69, 9.17) is 5.53 Å². The van der Waals surface area contributed by atoms with Crippen molar-refractivity contribution in [3.05, 3.63) is 56.1 Å². The molecule has 0 fully saturated rings. The molecule has 0 unspecified atom stereocenters. The van der Waals surface area contributed by atoms with Crippen molar-refractivity contribution in [3.8, 4) is 0 Å². The van der Waals surface area contributed by atoms with E-state index in [2.05, 4.69) is 36.1 Å². The highest BCUT2D eigenvalue weighted by molar-refractivity contribution is 7.14. The van der Waals surface area contributed by atoms with Gasteiger partial charge in [-0.3, -0.25) is 4.79 Å². The topological polar surface area (TPSA) is 77.9 Å². The van der Waals surface area contributed by atoms with Crippen molar-refractivity contribution in [1.29, 1.82) is 0 Å². The monoisotopic (exact) mass is 314 g/mol. The molecule has 114 valence electrons. The van der Waals surface area contributed by atoms with Crippen molar-refractivity contribution >= 4 is 28.6 Å². The number of rotatable bonds is 3. The largest absolute Gasteiger partial charge is 0.321 e. The van der Waals surface area contributed by atoms with E-state index in [1.165, 1.54) is 11.3 Å². The number of aryl methyl sites for hydroxylation is 1. The van der Waals surface area contributed by atoms with E-state index in [0.29, 0.717) is 16.3 Å². The maximum Gasteiger partial charge on any atom is 0.265 e. The number of hydrogen-bond acceptors (Lipinski definition) is 3. The highest BCUT2D eigenvalue weighted by atomic mass is 32.1. The summed E-state index contributed by atoms with van der Waals surface area (Å²) in [6, 6.07) is 9.10. The van der Waals surface area contributed by atoms with Gasteiger partial charge in [0, 0.05) is 21.2 Å². The molecule has 0 bridgehead atoms. The second-order valence-electron chi connectivity index (χ2n) is 6.06. The molecule has 0 saturated heterocycles. The van der Waals surface area contributed by atoms with Crippen LogP contribution in [-0.2, 0) is 5.41 Å². The second kappa shape index (κ2) is 6.22. The van der Waals surface area contributed by atoms with Crippen LogP contribution in [0.1, 0.15) is 40.9 Å². The van der Waals surface area contributed by atoms with Crippen LogP contribution in [-0.4, -0.2) is 5.91 Å². The van der Waals surface area contributed by atoms with Crippen LogP contribution in [0, 0.1) is 6.92 Å². The first-order chi connectivity index (χ1) is 10.3. The molecule has 0 aliphatic carbocycles. The number of carbonyl (C=O) groups excluding carboxylic acids is 1. The first-order valence-electron chi connectivity index (χ1n) is 6.88. The van der Waals surface area contributed by atoms with Crippen molar-refractivity contribution in [2.24, 2.45) is 5.11 Å². The third-order valence-corrected chi connectivity index (χ3v) is 4.70. The first kappa shape index (κ1) is 16.1. The van der Waals surface area contributed by atoms with Crippen molar-refractivity contribution in [2.45, 2.75) is 33.1 Å². The van der Waals surface area contributed by atoms with Crippen LogP contribution in [0.4, 0.5) is 11.4 Å². The van der Waals surface area contributed by atoms with Crippen LogP contribution in [0.25, 0.3) is 10.4 Å². The molecule has 6 heteroatoms. The molecule has 1 heterocycles. The maximum atomic E-state index is 12.3. The molecular formula is C16H18N4OS. The van der Waals surface area contributed by atoms with Gasteiger partial charge in [0.15, 0.2) is 0 Å². The van der Waals surface area contributed by atoms with Gasteiger partial charge in [-0.1, -0.05) is 32.0 Å². The number of azide groups is 1. The molecule has 1 N–H and O–H groups in total. The zero-order valence-electron chi connectivity index (χ0n) is 13.0. The van der Waals surface area contributed by atoms with Crippen LogP contribution >= 0.6 is 11.3 Å². The lowest BCUT2D eigenvalue weighted by Gasteiger charge is -2.15. The van der Waals surface area contributed by atoms with Gasteiger partial charge in [0.25, 0.3) is 5.91 Å². The molecule has 5 nitrogen and oxygen atoms in total. The molecule has 0 saturated carbocycles. The van der Waals surface area contributed by atoms with Gasteiger partial charge in [0.1, 0.15) is 0 Å². The van der Waals surface area contributed by atoms with Gasteiger partial charge in [-0.15, -0.1) is 11.3 Å². The molecule has 0 aliphatic rings. The predicted molar refractivity (Wildman–Crippen MR) is 91.0 cm³/mol.